The third-order valence-corrected chi connectivity index (χ3v) is 8.81. The fourth-order valence-corrected chi connectivity index (χ4v) is 6.48. The average Bonchev–Trinajstić information content (AvgIpc) is 3.10. The van der Waals surface area contributed by atoms with Gasteiger partial charge in [-0.15, -0.1) is 6.58 Å². The number of imide groups is 1. The number of esters is 1. The molecule has 5 rings (SSSR count). The van der Waals surface area contributed by atoms with Crippen LogP contribution in [0.4, 0.5) is 0 Å². The lowest BCUT2D eigenvalue weighted by atomic mass is 9.68. The SMILES string of the molecule is C=CC1C[C@H](OC(=O)C2(c3ccccc3)CCCCCC2)C1CCNCCN1C(=O)c2ccccc2C1=O. The number of nitrogens with one attached hydrogen (secondary N) is 1. The summed E-state index contributed by atoms with van der Waals surface area (Å²) < 4.78 is 6.27. The zero-order valence-electron chi connectivity index (χ0n) is 22.1. The minimum absolute atomic E-state index is 0.0679. The van der Waals surface area contributed by atoms with Gasteiger partial charge in [0.1, 0.15) is 6.10 Å². The van der Waals surface area contributed by atoms with Crippen molar-refractivity contribution in [3.8, 4) is 0 Å². The number of fused-ring (bicyclic) bond motifs is 1. The fourth-order valence-electron chi connectivity index (χ4n) is 6.48. The predicted octanol–water partition coefficient (Wildman–Crippen LogP) is 5.29. The number of rotatable bonds is 10. The summed E-state index contributed by atoms with van der Waals surface area (Å²) >= 11 is 0. The molecule has 38 heavy (non-hydrogen) atoms. The molecule has 3 atom stereocenters. The first-order valence-corrected chi connectivity index (χ1v) is 14.1. The molecule has 200 valence electrons. The molecule has 2 fully saturated rings. The van der Waals surface area contributed by atoms with Gasteiger partial charge in [-0.1, -0.05) is 74.2 Å². The smallest absolute Gasteiger partial charge is 0.316 e. The van der Waals surface area contributed by atoms with Gasteiger partial charge in [0.05, 0.1) is 16.5 Å². The van der Waals surface area contributed by atoms with E-state index in [2.05, 4.69) is 24.0 Å². The standard InChI is InChI=1S/C32H38N2O4/c1-2-23-22-28(38-31(37)32(17-10-3-4-11-18-32)24-12-6-5-7-13-24)25(23)16-19-33-20-21-34-29(35)26-14-8-9-15-27(26)30(34)36/h2,5-9,12-15,23,25,28,33H,1,3-4,10-11,16-22H2/t23?,25?,28-/m0/s1. The van der Waals surface area contributed by atoms with Gasteiger partial charge >= 0.3 is 5.97 Å². The van der Waals surface area contributed by atoms with Gasteiger partial charge in [0.15, 0.2) is 0 Å². The second kappa shape index (κ2) is 11.6. The van der Waals surface area contributed by atoms with Gasteiger partial charge in [0.2, 0.25) is 0 Å². The van der Waals surface area contributed by atoms with Crippen molar-refractivity contribution in [2.24, 2.45) is 11.8 Å². The molecule has 0 aromatic heterocycles. The Morgan fingerprint density at radius 1 is 0.947 bits per heavy atom. The van der Waals surface area contributed by atoms with Crippen LogP contribution in [0.2, 0.25) is 0 Å². The maximum Gasteiger partial charge on any atom is 0.316 e. The molecule has 2 aliphatic carbocycles. The highest BCUT2D eigenvalue weighted by Gasteiger charge is 2.47. The minimum Gasteiger partial charge on any atom is -0.461 e. The topological polar surface area (TPSA) is 75.7 Å². The molecule has 0 bridgehead atoms. The molecule has 1 N–H and O–H groups in total. The molecule has 6 nitrogen and oxygen atoms in total. The Balaban J connectivity index is 1.15. The molecule has 0 radical (unpaired) electrons. The van der Waals surface area contributed by atoms with Gasteiger partial charge < -0.3 is 10.1 Å². The minimum atomic E-state index is -0.549. The summed E-state index contributed by atoms with van der Waals surface area (Å²) in [4.78, 5) is 40.2. The maximum atomic E-state index is 13.8. The van der Waals surface area contributed by atoms with Crippen LogP contribution in [0, 0.1) is 11.8 Å². The molecular weight excluding hydrogens is 476 g/mol. The van der Waals surface area contributed by atoms with E-state index in [0.717, 1.165) is 50.6 Å². The summed E-state index contributed by atoms with van der Waals surface area (Å²) in [5, 5.41) is 3.38. The quantitative estimate of drug-likeness (QED) is 0.153. The zero-order chi connectivity index (χ0) is 26.5. The monoisotopic (exact) mass is 514 g/mol. The largest absolute Gasteiger partial charge is 0.461 e. The summed E-state index contributed by atoms with van der Waals surface area (Å²) in [5.74, 6) is 0.0306. The molecule has 2 aromatic carbocycles. The summed E-state index contributed by atoms with van der Waals surface area (Å²) in [6.07, 6.45) is 9.65. The van der Waals surface area contributed by atoms with Crippen molar-refractivity contribution in [1.82, 2.24) is 10.2 Å². The first-order valence-electron chi connectivity index (χ1n) is 14.1. The second-order valence-corrected chi connectivity index (χ2v) is 11.0. The predicted molar refractivity (Wildman–Crippen MR) is 147 cm³/mol. The van der Waals surface area contributed by atoms with E-state index in [1.807, 2.05) is 24.3 Å². The van der Waals surface area contributed by atoms with Gasteiger partial charge in [-0.25, -0.2) is 0 Å². The molecule has 2 amide bonds. The summed E-state index contributed by atoms with van der Waals surface area (Å²) in [5.41, 5.74) is 1.49. The van der Waals surface area contributed by atoms with Crippen LogP contribution in [-0.4, -0.2) is 48.4 Å². The molecular formula is C32H38N2O4. The molecule has 0 spiro atoms. The van der Waals surface area contributed by atoms with E-state index in [1.54, 1.807) is 24.3 Å². The van der Waals surface area contributed by atoms with Gasteiger partial charge in [0.25, 0.3) is 11.8 Å². The van der Waals surface area contributed by atoms with Crippen molar-refractivity contribution >= 4 is 17.8 Å². The van der Waals surface area contributed by atoms with Crippen molar-refractivity contribution in [3.63, 3.8) is 0 Å². The third-order valence-electron chi connectivity index (χ3n) is 8.81. The fraction of sp³-hybridized carbons (Fsp3) is 0.469. The van der Waals surface area contributed by atoms with E-state index in [0.29, 0.717) is 30.1 Å². The normalized spacial score (nSPS) is 24.3. The molecule has 1 heterocycles. The van der Waals surface area contributed by atoms with E-state index in [1.165, 1.54) is 17.7 Å². The molecule has 0 saturated heterocycles. The third kappa shape index (κ3) is 5.06. The van der Waals surface area contributed by atoms with E-state index < -0.39 is 5.41 Å². The van der Waals surface area contributed by atoms with Crippen molar-refractivity contribution < 1.29 is 19.1 Å². The van der Waals surface area contributed by atoms with Crippen LogP contribution in [0.25, 0.3) is 0 Å². The van der Waals surface area contributed by atoms with Crippen LogP contribution >= 0.6 is 0 Å². The van der Waals surface area contributed by atoms with Crippen LogP contribution in [0.15, 0.2) is 67.3 Å². The number of ether oxygens (including phenoxy) is 1. The Morgan fingerprint density at radius 2 is 1.58 bits per heavy atom. The molecule has 2 saturated carbocycles. The Hall–Kier alpha value is -3.25. The van der Waals surface area contributed by atoms with Crippen LogP contribution in [-0.2, 0) is 14.9 Å². The van der Waals surface area contributed by atoms with Crippen LogP contribution in [0.1, 0.15) is 77.6 Å². The number of carbonyl (C=O) groups excluding carboxylic acids is 3. The Bertz CT molecular complexity index is 1130. The number of benzene rings is 2. The molecule has 2 aromatic rings. The highest BCUT2D eigenvalue weighted by molar-refractivity contribution is 6.21. The lowest BCUT2D eigenvalue weighted by Crippen LogP contribution is -2.48. The van der Waals surface area contributed by atoms with Crippen molar-refractivity contribution in [3.05, 3.63) is 83.9 Å². The van der Waals surface area contributed by atoms with Gasteiger partial charge in [-0.2, -0.15) is 0 Å². The summed E-state index contributed by atoms with van der Waals surface area (Å²) in [6, 6.07) is 17.2. The van der Waals surface area contributed by atoms with Crippen LogP contribution in [0.5, 0.6) is 0 Å². The lowest BCUT2D eigenvalue weighted by molar-refractivity contribution is -0.169. The van der Waals surface area contributed by atoms with Gasteiger partial charge in [-0.3, -0.25) is 19.3 Å². The number of hydrogen-bond donors (Lipinski definition) is 1. The Labute approximate surface area is 225 Å². The first-order chi connectivity index (χ1) is 18.5. The van der Waals surface area contributed by atoms with Crippen LogP contribution < -0.4 is 5.32 Å². The summed E-state index contributed by atoms with van der Waals surface area (Å²) in [7, 11) is 0. The van der Waals surface area contributed by atoms with Crippen molar-refractivity contribution in [2.75, 3.05) is 19.6 Å². The van der Waals surface area contributed by atoms with Crippen molar-refractivity contribution in [2.45, 2.75) is 62.9 Å². The number of carbonyl (C=O) groups is 3. The maximum absolute atomic E-state index is 13.8. The molecule has 1 aliphatic heterocycles. The van der Waals surface area contributed by atoms with Crippen LogP contribution in [0.3, 0.4) is 0 Å². The molecule has 2 unspecified atom stereocenters. The van der Waals surface area contributed by atoms with E-state index in [-0.39, 0.29) is 29.8 Å². The highest BCUT2D eigenvalue weighted by Crippen LogP contribution is 2.44. The van der Waals surface area contributed by atoms with E-state index in [4.69, 9.17) is 4.74 Å². The molecule has 3 aliphatic rings. The number of allylic oxidation sites excluding steroid dienone is 1. The van der Waals surface area contributed by atoms with Crippen molar-refractivity contribution in [1.29, 1.82) is 0 Å². The highest BCUT2D eigenvalue weighted by atomic mass is 16.5. The van der Waals surface area contributed by atoms with E-state index >= 15 is 0 Å². The van der Waals surface area contributed by atoms with Gasteiger partial charge in [0, 0.05) is 19.0 Å². The number of amides is 2. The van der Waals surface area contributed by atoms with Gasteiger partial charge in [-0.05, 0) is 55.8 Å². The van der Waals surface area contributed by atoms with E-state index in [9.17, 15) is 14.4 Å². The first kappa shape index (κ1) is 26.4. The lowest BCUT2D eigenvalue weighted by Gasteiger charge is -2.44. The average molecular weight is 515 g/mol. The number of nitrogens with zero attached hydrogens (tertiary/aromatic N) is 1. The Morgan fingerprint density at radius 3 is 2.21 bits per heavy atom. The second-order valence-electron chi connectivity index (χ2n) is 11.0. The summed E-state index contributed by atoms with van der Waals surface area (Å²) in [6.45, 7) is 5.58. The molecule has 6 heteroatoms. The number of hydrogen-bond acceptors (Lipinski definition) is 5. The zero-order valence-corrected chi connectivity index (χ0v) is 22.1. The Kier molecular flexibility index (Phi) is 8.08.